The molecule has 1 rings (SSSR count). The first kappa shape index (κ1) is 11.7. The minimum atomic E-state index is -3.13. The van der Waals surface area contributed by atoms with Gasteiger partial charge in [-0.3, -0.25) is 4.79 Å². The normalized spacial score (nSPS) is 31.3. The van der Waals surface area contributed by atoms with Crippen molar-refractivity contribution in [2.45, 2.75) is 38.0 Å². The van der Waals surface area contributed by atoms with Gasteiger partial charge < -0.3 is 5.73 Å². The van der Waals surface area contributed by atoms with Crippen LogP contribution in [0.15, 0.2) is 0 Å². The topological polar surface area (TPSA) is 77.2 Å². The third-order valence-corrected chi connectivity index (χ3v) is 5.77. The number of Topliss-reactive ketones (excluding diaryl/α,β-unsaturated/α-hetero) is 1. The molecule has 0 amide bonds. The summed E-state index contributed by atoms with van der Waals surface area (Å²) < 4.78 is 22.3. The summed E-state index contributed by atoms with van der Waals surface area (Å²) in [7, 11) is -3.13. The van der Waals surface area contributed by atoms with Gasteiger partial charge in [0.2, 0.25) is 0 Å². The van der Waals surface area contributed by atoms with Crippen LogP contribution >= 0.6 is 0 Å². The van der Waals surface area contributed by atoms with Gasteiger partial charge in [0.05, 0.1) is 16.5 Å². The largest absolute Gasteiger partial charge is 0.322 e. The lowest BCUT2D eigenvalue weighted by Crippen LogP contribution is -2.43. The van der Waals surface area contributed by atoms with Crippen LogP contribution in [0, 0.1) is 5.92 Å². The van der Waals surface area contributed by atoms with Crippen molar-refractivity contribution >= 4 is 15.6 Å². The molecule has 0 aromatic heterocycles. The minimum absolute atomic E-state index is 0.100. The number of hydrogen-bond acceptors (Lipinski definition) is 4. The molecule has 4 nitrogen and oxygen atoms in total. The van der Waals surface area contributed by atoms with Crippen molar-refractivity contribution < 1.29 is 13.2 Å². The van der Waals surface area contributed by atoms with Crippen LogP contribution in [0.4, 0.5) is 0 Å². The quantitative estimate of drug-likeness (QED) is 0.715. The number of sulfone groups is 1. The molecule has 1 aliphatic heterocycles. The molecule has 0 aromatic carbocycles. The fourth-order valence-electron chi connectivity index (χ4n) is 1.90. The smallest absolute Gasteiger partial charge is 0.156 e. The lowest BCUT2D eigenvalue weighted by molar-refractivity contribution is -0.124. The third kappa shape index (κ3) is 1.59. The van der Waals surface area contributed by atoms with Crippen molar-refractivity contribution in [2.24, 2.45) is 11.7 Å². The van der Waals surface area contributed by atoms with E-state index in [0.29, 0.717) is 6.42 Å². The molecule has 1 saturated heterocycles. The number of carbonyl (C=O) groups excluding carboxylic acids is 1. The number of rotatable bonds is 2. The zero-order chi connectivity index (χ0) is 11.1. The van der Waals surface area contributed by atoms with Gasteiger partial charge in [0.1, 0.15) is 0 Å². The first-order valence-corrected chi connectivity index (χ1v) is 6.37. The van der Waals surface area contributed by atoms with E-state index in [1.54, 1.807) is 20.8 Å². The summed E-state index contributed by atoms with van der Waals surface area (Å²) in [5.74, 6) is -0.480. The molecule has 82 valence electrons. The maximum Gasteiger partial charge on any atom is 0.156 e. The summed E-state index contributed by atoms with van der Waals surface area (Å²) in [6.45, 7) is 4.82. The van der Waals surface area contributed by atoms with Gasteiger partial charge >= 0.3 is 0 Å². The highest BCUT2D eigenvalue weighted by Crippen LogP contribution is 2.38. The number of nitrogens with two attached hydrogens (primary N) is 1. The Morgan fingerprint density at radius 3 is 2.29 bits per heavy atom. The van der Waals surface area contributed by atoms with Gasteiger partial charge in [0.15, 0.2) is 15.6 Å². The highest BCUT2D eigenvalue weighted by Gasteiger charge is 2.50. The SMILES string of the molecule is CC(N)C(=O)C1CCS(=O)(=O)C1(C)C. The second kappa shape index (κ2) is 3.31. The molecular formula is C9H17NO3S. The predicted octanol–water partition coefficient (Wildman–Crippen LogP) is 0.116. The van der Waals surface area contributed by atoms with Crippen LogP contribution in [0.2, 0.25) is 0 Å². The van der Waals surface area contributed by atoms with Crippen molar-refractivity contribution in [3.8, 4) is 0 Å². The fraction of sp³-hybridized carbons (Fsp3) is 0.889. The average Bonchev–Trinajstić information content (AvgIpc) is 2.21. The summed E-state index contributed by atoms with van der Waals surface area (Å²) in [5.41, 5.74) is 5.48. The molecule has 5 heteroatoms. The number of ketones is 1. The van der Waals surface area contributed by atoms with Gasteiger partial charge in [-0.25, -0.2) is 8.42 Å². The number of hydrogen-bond donors (Lipinski definition) is 1. The van der Waals surface area contributed by atoms with Gasteiger partial charge in [-0.1, -0.05) is 0 Å². The molecule has 0 aromatic rings. The van der Waals surface area contributed by atoms with Crippen LogP contribution in [0.5, 0.6) is 0 Å². The molecule has 2 unspecified atom stereocenters. The van der Waals surface area contributed by atoms with Crippen molar-refractivity contribution in [3.05, 3.63) is 0 Å². The van der Waals surface area contributed by atoms with Crippen LogP contribution in [-0.4, -0.2) is 30.7 Å². The van der Waals surface area contributed by atoms with E-state index in [1.165, 1.54) is 0 Å². The molecule has 2 N–H and O–H groups in total. The van der Waals surface area contributed by atoms with E-state index in [-0.39, 0.29) is 11.5 Å². The molecule has 0 bridgehead atoms. The molecule has 1 fully saturated rings. The van der Waals surface area contributed by atoms with E-state index in [4.69, 9.17) is 5.73 Å². The van der Waals surface area contributed by atoms with Gasteiger partial charge in [-0.15, -0.1) is 0 Å². The Balaban J connectivity index is 3.02. The van der Waals surface area contributed by atoms with Crippen LogP contribution in [0.3, 0.4) is 0 Å². The van der Waals surface area contributed by atoms with Crippen molar-refractivity contribution in [1.82, 2.24) is 0 Å². The molecule has 0 aliphatic carbocycles. The van der Waals surface area contributed by atoms with Gasteiger partial charge in [0, 0.05) is 5.92 Å². The van der Waals surface area contributed by atoms with E-state index in [2.05, 4.69) is 0 Å². The zero-order valence-electron chi connectivity index (χ0n) is 8.78. The molecule has 0 radical (unpaired) electrons. The number of carbonyl (C=O) groups is 1. The highest BCUT2D eigenvalue weighted by atomic mass is 32.2. The van der Waals surface area contributed by atoms with Crippen molar-refractivity contribution in [2.75, 3.05) is 5.75 Å². The summed E-state index contributed by atoms with van der Waals surface area (Å²) in [4.78, 5) is 11.7. The Hall–Kier alpha value is -0.420. The highest BCUT2D eigenvalue weighted by molar-refractivity contribution is 7.93. The molecule has 14 heavy (non-hydrogen) atoms. The molecule has 0 saturated carbocycles. The summed E-state index contributed by atoms with van der Waals surface area (Å²) >= 11 is 0. The fourth-order valence-corrected chi connectivity index (χ4v) is 3.64. The Morgan fingerprint density at radius 2 is 2.00 bits per heavy atom. The van der Waals surface area contributed by atoms with E-state index >= 15 is 0 Å². The van der Waals surface area contributed by atoms with E-state index in [0.717, 1.165) is 0 Å². The predicted molar refractivity (Wildman–Crippen MR) is 54.6 cm³/mol. The van der Waals surface area contributed by atoms with Crippen LogP contribution < -0.4 is 5.73 Å². The van der Waals surface area contributed by atoms with E-state index in [9.17, 15) is 13.2 Å². The lowest BCUT2D eigenvalue weighted by atomic mass is 9.86. The zero-order valence-corrected chi connectivity index (χ0v) is 9.60. The molecule has 1 heterocycles. The maximum atomic E-state index is 11.7. The second-order valence-corrected chi connectivity index (χ2v) is 7.14. The van der Waals surface area contributed by atoms with Gasteiger partial charge in [-0.05, 0) is 27.2 Å². The summed E-state index contributed by atoms with van der Waals surface area (Å²) in [6, 6.07) is -0.576. The van der Waals surface area contributed by atoms with E-state index in [1.807, 2.05) is 0 Å². The summed E-state index contributed by atoms with van der Waals surface area (Å²) in [6.07, 6.45) is 0.412. The molecule has 2 atom stereocenters. The first-order chi connectivity index (χ1) is 6.20. The second-order valence-electron chi connectivity index (χ2n) is 4.45. The molecule has 0 spiro atoms. The third-order valence-electron chi connectivity index (χ3n) is 3.11. The minimum Gasteiger partial charge on any atom is -0.322 e. The monoisotopic (exact) mass is 219 g/mol. The van der Waals surface area contributed by atoms with Crippen molar-refractivity contribution in [1.29, 1.82) is 0 Å². The average molecular weight is 219 g/mol. The van der Waals surface area contributed by atoms with E-state index < -0.39 is 26.5 Å². The molecular weight excluding hydrogens is 202 g/mol. The Kier molecular flexibility index (Phi) is 2.75. The maximum absolute atomic E-state index is 11.7. The van der Waals surface area contributed by atoms with Gasteiger partial charge in [0.25, 0.3) is 0 Å². The Labute approximate surface area is 84.8 Å². The van der Waals surface area contributed by atoms with Crippen LogP contribution in [0.1, 0.15) is 27.2 Å². The lowest BCUT2D eigenvalue weighted by Gasteiger charge is -2.25. The first-order valence-electron chi connectivity index (χ1n) is 4.72. The standard InChI is InChI=1S/C9H17NO3S/c1-6(10)8(11)7-4-5-14(12,13)9(7,2)3/h6-7H,4-5,10H2,1-3H3. The van der Waals surface area contributed by atoms with Gasteiger partial charge in [-0.2, -0.15) is 0 Å². The Morgan fingerprint density at radius 1 is 1.50 bits per heavy atom. The van der Waals surface area contributed by atoms with Crippen molar-refractivity contribution in [3.63, 3.8) is 0 Å². The molecule has 1 aliphatic rings. The Bertz CT molecular complexity index is 343. The van der Waals surface area contributed by atoms with Crippen LogP contribution in [0.25, 0.3) is 0 Å². The van der Waals surface area contributed by atoms with Crippen LogP contribution in [-0.2, 0) is 14.6 Å². The summed E-state index contributed by atoms with van der Waals surface area (Å²) in [5, 5.41) is 0.